The fourth-order valence-corrected chi connectivity index (χ4v) is 2.49. The zero-order chi connectivity index (χ0) is 13.9. The Hall–Kier alpha value is -2.14. The third-order valence-corrected chi connectivity index (χ3v) is 3.62. The standard InChI is InChI=1S/C14H12O4S/c1-19(16,17)13-10-6-5-9-12(13)14(15)18-11-7-3-2-4-8-11/h2-10H,1H3. The van der Waals surface area contributed by atoms with Gasteiger partial charge >= 0.3 is 5.97 Å². The molecule has 0 saturated heterocycles. The first-order valence-corrected chi connectivity index (χ1v) is 7.44. The monoisotopic (exact) mass is 276 g/mol. The summed E-state index contributed by atoms with van der Waals surface area (Å²) in [5.74, 6) is -0.317. The second-order valence-electron chi connectivity index (χ2n) is 3.97. The lowest BCUT2D eigenvalue weighted by Gasteiger charge is -2.07. The van der Waals surface area contributed by atoms with E-state index < -0.39 is 15.8 Å². The van der Waals surface area contributed by atoms with Crippen LogP contribution in [0.1, 0.15) is 10.4 Å². The highest BCUT2D eigenvalue weighted by Crippen LogP contribution is 2.18. The van der Waals surface area contributed by atoms with Crippen LogP contribution >= 0.6 is 0 Å². The molecule has 2 aromatic rings. The van der Waals surface area contributed by atoms with E-state index in [0.29, 0.717) is 5.75 Å². The van der Waals surface area contributed by atoms with Crippen molar-refractivity contribution in [3.05, 3.63) is 60.2 Å². The van der Waals surface area contributed by atoms with Gasteiger partial charge in [-0.05, 0) is 24.3 Å². The predicted molar refractivity (Wildman–Crippen MR) is 71.0 cm³/mol. The zero-order valence-electron chi connectivity index (χ0n) is 10.2. The normalized spacial score (nSPS) is 11.0. The molecular weight excluding hydrogens is 264 g/mol. The molecular formula is C14H12O4S. The molecule has 0 aliphatic rings. The van der Waals surface area contributed by atoms with Gasteiger partial charge in [0.15, 0.2) is 9.84 Å². The van der Waals surface area contributed by atoms with Gasteiger partial charge in [0.1, 0.15) is 5.75 Å². The fourth-order valence-electron chi connectivity index (χ4n) is 1.61. The first kappa shape index (κ1) is 13.3. The Morgan fingerprint density at radius 2 is 1.53 bits per heavy atom. The Morgan fingerprint density at radius 3 is 2.16 bits per heavy atom. The van der Waals surface area contributed by atoms with Crippen molar-refractivity contribution in [1.29, 1.82) is 0 Å². The molecule has 0 atom stereocenters. The lowest BCUT2D eigenvalue weighted by molar-refractivity contribution is 0.0730. The molecule has 0 saturated carbocycles. The number of ether oxygens (including phenoxy) is 1. The number of rotatable bonds is 3. The van der Waals surface area contributed by atoms with Crippen molar-refractivity contribution in [1.82, 2.24) is 0 Å². The number of benzene rings is 2. The summed E-state index contributed by atoms with van der Waals surface area (Å²) in [4.78, 5) is 12.0. The maximum atomic E-state index is 12.0. The predicted octanol–water partition coefficient (Wildman–Crippen LogP) is 2.31. The van der Waals surface area contributed by atoms with E-state index in [9.17, 15) is 13.2 Å². The minimum atomic E-state index is -3.47. The summed E-state index contributed by atoms with van der Waals surface area (Å²) in [6.45, 7) is 0. The van der Waals surface area contributed by atoms with Crippen LogP contribution in [0.2, 0.25) is 0 Å². The van der Waals surface area contributed by atoms with Crippen molar-refractivity contribution in [3.8, 4) is 5.75 Å². The van der Waals surface area contributed by atoms with E-state index in [1.807, 2.05) is 0 Å². The van der Waals surface area contributed by atoms with Crippen LogP contribution < -0.4 is 4.74 Å². The maximum Gasteiger partial charge on any atom is 0.344 e. The Labute approximate surface area is 111 Å². The summed E-state index contributed by atoms with van der Waals surface area (Å²) >= 11 is 0. The molecule has 2 rings (SSSR count). The Bertz CT molecular complexity index is 690. The lowest BCUT2D eigenvalue weighted by Crippen LogP contribution is -2.13. The van der Waals surface area contributed by atoms with E-state index in [1.165, 1.54) is 12.1 Å². The number of sulfone groups is 1. The topological polar surface area (TPSA) is 60.4 Å². The van der Waals surface area contributed by atoms with Gasteiger partial charge < -0.3 is 4.74 Å². The van der Waals surface area contributed by atoms with Gasteiger partial charge in [-0.15, -0.1) is 0 Å². The van der Waals surface area contributed by atoms with Crippen LogP contribution in [0.15, 0.2) is 59.5 Å². The van der Waals surface area contributed by atoms with Gasteiger partial charge in [0.2, 0.25) is 0 Å². The first-order valence-electron chi connectivity index (χ1n) is 5.55. The molecule has 0 heterocycles. The molecule has 0 spiro atoms. The van der Waals surface area contributed by atoms with Gasteiger partial charge in [0, 0.05) is 6.26 Å². The minimum Gasteiger partial charge on any atom is -0.423 e. The molecule has 98 valence electrons. The molecule has 0 bridgehead atoms. The quantitative estimate of drug-likeness (QED) is 0.637. The number of esters is 1. The minimum absolute atomic E-state index is 0.0315. The molecule has 0 fully saturated rings. The van der Waals surface area contributed by atoms with E-state index in [2.05, 4.69) is 0 Å². The van der Waals surface area contributed by atoms with Gasteiger partial charge in [0.05, 0.1) is 10.5 Å². The second kappa shape index (κ2) is 5.24. The van der Waals surface area contributed by atoms with E-state index in [-0.39, 0.29) is 10.5 Å². The lowest BCUT2D eigenvalue weighted by atomic mass is 10.2. The van der Waals surface area contributed by atoms with Crippen molar-refractivity contribution >= 4 is 15.8 Å². The number of hydrogen-bond donors (Lipinski definition) is 0. The summed E-state index contributed by atoms with van der Waals surface area (Å²) in [6.07, 6.45) is 1.06. The molecule has 0 aromatic heterocycles. The molecule has 0 aliphatic heterocycles. The van der Waals surface area contributed by atoms with E-state index in [1.54, 1.807) is 42.5 Å². The van der Waals surface area contributed by atoms with E-state index >= 15 is 0 Å². The average molecular weight is 276 g/mol. The average Bonchev–Trinajstić information content (AvgIpc) is 2.39. The Kier molecular flexibility index (Phi) is 3.66. The summed E-state index contributed by atoms with van der Waals surface area (Å²) in [7, 11) is -3.47. The van der Waals surface area contributed by atoms with Crippen LogP contribution in [-0.2, 0) is 9.84 Å². The molecule has 0 amide bonds. The highest BCUT2D eigenvalue weighted by Gasteiger charge is 2.19. The summed E-state index contributed by atoms with van der Waals surface area (Å²) < 4.78 is 28.3. The summed E-state index contributed by atoms with van der Waals surface area (Å²) in [5.41, 5.74) is 0.0360. The third kappa shape index (κ3) is 3.20. The van der Waals surface area contributed by atoms with Crippen LogP contribution in [0.3, 0.4) is 0 Å². The SMILES string of the molecule is CS(=O)(=O)c1ccccc1C(=O)Oc1ccccc1. The molecule has 19 heavy (non-hydrogen) atoms. The smallest absolute Gasteiger partial charge is 0.344 e. The fraction of sp³-hybridized carbons (Fsp3) is 0.0714. The highest BCUT2D eigenvalue weighted by molar-refractivity contribution is 7.90. The highest BCUT2D eigenvalue weighted by atomic mass is 32.2. The van der Waals surface area contributed by atoms with Crippen LogP contribution in [0.4, 0.5) is 0 Å². The van der Waals surface area contributed by atoms with Gasteiger partial charge in [-0.2, -0.15) is 0 Å². The van der Waals surface area contributed by atoms with Crippen molar-refractivity contribution in [3.63, 3.8) is 0 Å². The van der Waals surface area contributed by atoms with Gasteiger partial charge in [-0.25, -0.2) is 13.2 Å². The van der Waals surface area contributed by atoms with Crippen molar-refractivity contribution in [2.45, 2.75) is 4.90 Å². The molecule has 0 N–H and O–H groups in total. The van der Waals surface area contributed by atoms with Gasteiger partial charge in [-0.1, -0.05) is 30.3 Å². The number of para-hydroxylation sites is 1. The second-order valence-corrected chi connectivity index (χ2v) is 5.96. The maximum absolute atomic E-state index is 12.0. The molecule has 4 nitrogen and oxygen atoms in total. The Balaban J connectivity index is 2.35. The Morgan fingerprint density at radius 1 is 0.947 bits per heavy atom. The van der Waals surface area contributed by atoms with Gasteiger partial charge in [-0.3, -0.25) is 0 Å². The van der Waals surface area contributed by atoms with E-state index in [4.69, 9.17) is 4.74 Å². The van der Waals surface area contributed by atoms with Crippen molar-refractivity contribution in [2.24, 2.45) is 0 Å². The molecule has 2 aromatic carbocycles. The van der Waals surface area contributed by atoms with Crippen LogP contribution in [0.5, 0.6) is 5.75 Å². The molecule has 0 radical (unpaired) electrons. The summed E-state index contributed by atoms with van der Waals surface area (Å²) in [6, 6.07) is 14.5. The van der Waals surface area contributed by atoms with Crippen molar-refractivity contribution in [2.75, 3.05) is 6.26 Å². The van der Waals surface area contributed by atoms with Crippen LogP contribution in [-0.4, -0.2) is 20.6 Å². The first-order chi connectivity index (χ1) is 8.98. The number of hydrogen-bond acceptors (Lipinski definition) is 4. The van der Waals surface area contributed by atoms with Crippen LogP contribution in [0.25, 0.3) is 0 Å². The molecule has 5 heteroatoms. The molecule has 0 unspecified atom stereocenters. The van der Waals surface area contributed by atoms with E-state index in [0.717, 1.165) is 6.26 Å². The van der Waals surface area contributed by atoms with Gasteiger partial charge in [0.25, 0.3) is 0 Å². The largest absolute Gasteiger partial charge is 0.423 e. The number of carbonyl (C=O) groups excluding carboxylic acids is 1. The molecule has 0 aliphatic carbocycles. The zero-order valence-corrected chi connectivity index (χ0v) is 11.1. The van der Waals surface area contributed by atoms with Crippen molar-refractivity contribution < 1.29 is 17.9 Å². The number of carbonyl (C=O) groups is 1. The third-order valence-electron chi connectivity index (χ3n) is 2.46. The van der Waals surface area contributed by atoms with Crippen LogP contribution in [0, 0.1) is 0 Å². The summed E-state index contributed by atoms with van der Waals surface area (Å²) in [5, 5.41) is 0.